The minimum atomic E-state index is -0.478. The van der Waals surface area contributed by atoms with Gasteiger partial charge >= 0.3 is 0 Å². The molecule has 0 aromatic heterocycles. The number of aryl methyl sites for hydroxylation is 1. The minimum absolute atomic E-state index is 0.0183. The lowest BCUT2D eigenvalue weighted by molar-refractivity contribution is -0.112. The Morgan fingerprint density at radius 1 is 1.03 bits per heavy atom. The third kappa shape index (κ3) is 5.94. The van der Waals surface area contributed by atoms with Crippen molar-refractivity contribution < 1.29 is 14.3 Å². The summed E-state index contributed by atoms with van der Waals surface area (Å²) >= 11 is 3.58. The number of nitriles is 1. The highest BCUT2D eigenvalue weighted by Gasteiger charge is 2.15. The highest BCUT2D eigenvalue weighted by molar-refractivity contribution is 9.10. The molecule has 1 N–H and O–H groups in total. The van der Waals surface area contributed by atoms with Crippen LogP contribution in [0.4, 0.5) is 5.69 Å². The van der Waals surface area contributed by atoms with E-state index in [1.807, 2.05) is 62.4 Å². The summed E-state index contributed by atoms with van der Waals surface area (Å²) in [4.78, 5) is 12.7. The van der Waals surface area contributed by atoms with Crippen LogP contribution in [0.25, 0.3) is 16.8 Å². The third-order valence-electron chi connectivity index (χ3n) is 5.54. The number of amides is 1. The second kappa shape index (κ2) is 11.6. The summed E-state index contributed by atoms with van der Waals surface area (Å²) in [5.41, 5.74) is 3.33. The van der Waals surface area contributed by atoms with Crippen LogP contribution >= 0.6 is 15.9 Å². The number of rotatable bonds is 8. The molecule has 0 saturated heterocycles. The van der Waals surface area contributed by atoms with Gasteiger partial charge in [-0.1, -0.05) is 54.6 Å². The molecule has 0 radical (unpaired) electrons. The van der Waals surface area contributed by atoms with Crippen molar-refractivity contribution in [3.8, 4) is 17.6 Å². The molecule has 0 fully saturated rings. The Hall–Kier alpha value is -4.08. The Bertz CT molecular complexity index is 1480. The van der Waals surface area contributed by atoms with Gasteiger partial charge in [0.25, 0.3) is 5.91 Å². The van der Waals surface area contributed by atoms with Crippen molar-refractivity contribution in [3.05, 3.63) is 106 Å². The van der Waals surface area contributed by atoms with Gasteiger partial charge in [-0.25, -0.2) is 0 Å². The van der Waals surface area contributed by atoms with Crippen molar-refractivity contribution in [2.24, 2.45) is 0 Å². The molecule has 0 aliphatic rings. The number of nitrogens with zero attached hydrogens (tertiary/aromatic N) is 1. The summed E-state index contributed by atoms with van der Waals surface area (Å²) in [6.45, 7) is 4.62. The molecule has 5 nitrogen and oxygen atoms in total. The van der Waals surface area contributed by atoms with Gasteiger partial charge in [0.2, 0.25) is 0 Å². The first-order chi connectivity index (χ1) is 17.5. The number of carbonyl (C=O) groups is 1. The van der Waals surface area contributed by atoms with E-state index < -0.39 is 5.91 Å². The van der Waals surface area contributed by atoms with E-state index in [4.69, 9.17) is 9.47 Å². The number of anilines is 1. The van der Waals surface area contributed by atoms with E-state index in [0.29, 0.717) is 40.4 Å². The summed E-state index contributed by atoms with van der Waals surface area (Å²) < 4.78 is 12.7. The molecule has 36 heavy (non-hydrogen) atoms. The fourth-order valence-electron chi connectivity index (χ4n) is 3.88. The first-order valence-electron chi connectivity index (χ1n) is 11.5. The lowest BCUT2D eigenvalue weighted by Crippen LogP contribution is -2.13. The zero-order chi connectivity index (χ0) is 25.5. The molecule has 4 aromatic rings. The second-order valence-corrected chi connectivity index (χ2v) is 9.04. The molecule has 6 heteroatoms. The molecule has 0 unspecified atom stereocenters. The fraction of sp³-hybridized carbons (Fsp3) is 0.133. The summed E-state index contributed by atoms with van der Waals surface area (Å²) in [7, 11) is 0. The molecule has 0 aliphatic carbocycles. The SMILES string of the molecule is CCOc1cc(/C=C(\C#N)C(=O)Nc2cccc(C)c2)cc(Br)c1OCc1cccc2ccccc12. The standard InChI is InChI=1S/C30H25BrN2O3/c1-3-35-28-17-21(15-24(18-32)30(34)33-25-12-6-8-20(2)14-25)16-27(31)29(28)36-19-23-11-7-10-22-9-4-5-13-26(22)23/h4-17H,3,19H2,1-2H3,(H,33,34)/b24-15+. The molecule has 0 bridgehead atoms. The van der Waals surface area contributed by atoms with Crippen molar-refractivity contribution in [3.63, 3.8) is 0 Å². The fourth-order valence-corrected chi connectivity index (χ4v) is 4.45. The molecular weight excluding hydrogens is 516 g/mol. The van der Waals surface area contributed by atoms with Gasteiger partial charge in [-0.15, -0.1) is 0 Å². The lowest BCUT2D eigenvalue weighted by Gasteiger charge is -2.16. The van der Waals surface area contributed by atoms with Gasteiger partial charge in [0, 0.05) is 5.69 Å². The van der Waals surface area contributed by atoms with Gasteiger partial charge in [0.05, 0.1) is 11.1 Å². The Labute approximate surface area is 219 Å². The van der Waals surface area contributed by atoms with Crippen LogP contribution in [0.2, 0.25) is 0 Å². The van der Waals surface area contributed by atoms with Gasteiger partial charge in [-0.3, -0.25) is 4.79 Å². The Balaban J connectivity index is 1.59. The minimum Gasteiger partial charge on any atom is -0.490 e. The van der Waals surface area contributed by atoms with Gasteiger partial charge < -0.3 is 14.8 Å². The lowest BCUT2D eigenvalue weighted by atomic mass is 10.1. The average molecular weight is 541 g/mol. The predicted molar refractivity (Wildman–Crippen MR) is 147 cm³/mol. The Morgan fingerprint density at radius 2 is 1.81 bits per heavy atom. The van der Waals surface area contributed by atoms with E-state index in [-0.39, 0.29) is 5.57 Å². The van der Waals surface area contributed by atoms with Crippen molar-refractivity contribution in [2.45, 2.75) is 20.5 Å². The predicted octanol–water partition coefficient (Wildman–Crippen LogP) is 7.43. The summed E-state index contributed by atoms with van der Waals surface area (Å²) in [6.07, 6.45) is 1.53. The second-order valence-electron chi connectivity index (χ2n) is 8.18. The molecule has 0 spiro atoms. The number of halogens is 1. The van der Waals surface area contributed by atoms with E-state index in [9.17, 15) is 10.1 Å². The molecule has 0 saturated carbocycles. The van der Waals surface area contributed by atoms with E-state index in [0.717, 1.165) is 21.9 Å². The van der Waals surface area contributed by atoms with Crippen molar-refractivity contribution in [1.82, 2.24) is 0 Å². The molecule has 1 amide bonds. The van der Waals surface area contributed by atoms with Crippen LogP contribution in [0, 0.1) is 18.3 Å². The molecule has 4 aromatic carbocycles. The van der Waals surface area contributed by atoms with E-state index >= 15 is 0 Å². The smallest absolute Gasteiger partial charge is 0.266 e. The quantitative estimate of drug-likeness (QED) is 0.186. The van der Waals surface area contributed by atoms with Crippen LogP contribution in [0.1, 0.15) is 23.6 Å². The first-order valence-corrected chi connectivity index (χ1v) is 12.3. The maximum atomic E-state index is 12.7. The van der Waals surface area contributed by atoms with Crippen molar-refractivity contribution >= 4 is 44.4 Å². The number of nitrogens with one attached hydrogen (secondary N) is 1. The normalized spacial score (nSPS) is 11.1. The zero-order valence-electron chi connectivity index (χ0n) is 20.0. The third-order valence-corrected chi connectivity index (χ3v) is 6.12. The van der Waals surface area contributed by atoms with Crippen LogP contribution in [0.5, 0.6) is 11.5 Å². The molecule has 4 rings (SSSR count). The number of benzene rings is 4. The van der Waals surface area contributed by atoms with Gasteiger partial charge in [0.1, 0.15) is 18.2 Å². The summed E-state index contributed by atoms with van der Waals surface area (Å²) in [6, 6.07) is 27.3. The topological polar surface area (TPSA) is 71.3 Å². The van der Waals surface area contributed by atoms with Crippen molar-refractivity contribution in [2.75, 3.05) is 11.9 Å². The van der Waals surface area contributed by atoms with E-state index in [1.54, 1.807) is 18.2 Å². The van der Waals surface area contributed by atoms with E-state index in [1.165, 1.54) is 6.08 Å². The number of carbonyl (C=O) groups excluding carboxylic acids is 1. The molecular formula is C30H25BrN2O3. The highest BCUT2D eigenvalue weighted by Crippen LogP contribution is 2.38. The van der Waals surface area contributed by atoms with Crippen LogP contribution < -0.4 is 14.8 Å². The van der Waals surface area contributed by atoms with Gasteiger partial charge in [-0.05, 0) is 87.6 Å². The van der Waals surface area contributed by atoms with Gasteiger partial charge in [-0.2, -0.15) is 5.26 Å². The Kier molecular flexibility index (Phi) is 8.04. The van der Waals surface area contributed by atoms with Crippen LogP contribution in [0.3, 0.4) is 0 Å². The first kappa shape index (κ1) is 25.0. The molecule has 0 heterocycles. The maximum Gasteiger partial charge on any atom is 0.266 e. The number of fused-ring (bicyclic) bond motifs is 1. The molecule has 180 valence electrons. The van der Waals surface area contributed by atoms with Gasteiger partial charge in [0.15, 0.2) is 11.5 Å². The average Bonchev–Trinajstić information content (AvgIpc) is 2.87. The van der Waals surface area contributed by atoms with E-state index in [2.05, 4.69) is 39.4 Å². The van der Waals surface area contributed by atoms with Crippen molar-refractivity contribution in [1.29, 1.82) is 5.26 Å². The van der Waals surface area contributed by atoms with Crippen LogP contribution in [-0.2, 0) is 11.4 Å². The monoisotopic (exact) mass is 540 g/mol. The maximum absolute atomic E-state index is 12.7. The molecule has 0 aliphatic heterocycles. The summed E-state index contributed by atoms with van der Waals surface area (Å²) in [5, 5.41) is 14.7. The number of hydrogen-bond donors (Lipinski definition) is 1. The van der Waals surface area contributed by atoms with Crippen LogP contribution in [-0.4, -0.2) is 12.5 Å². The highest BCUT2D eigenvalue weighted by atomic mass is 79.9. The Morgan fingerprint density at radius 3 is 2.58 bits per heavy atom. The van der Waals surface area contributed by atoms with Crippen LogP contribution in [0.15, 0.2) is 88.9 Å². The summed E-state index contributed by atoms with van der Waals surface area (Å²) in [5.74, 6) is 0.605. The molecule has 0 atom stereocenters. The zero-order valence-corrected chi connectivity index (χ0v) is 21.6. The largest absolute Gasteiger partial charge is 0.490 e. The number of ether oxygens (including phenoxy) is 2. The number of hydrogen-bond acceptors (Lipinski definition) is 4.